The molecule has 2 heterocycles. The van der Waals surface area contributed by atoms with Gasteiger partial charge in [-0.2, -0.15) is 13.2 Å². The van der Waals surface area contributed by atoms with E-state index in [1.807, 2.05) is 0 Å². The first-order valence-corrected chi connectivity index (χ1v) is 11.0. The van der Waals surface area contributed by atoms with E-state index in [4.69, 9.17) is 4.74 Å². The summed E-state index contributed by atoms with van der Waals surface area (Å²) in [6, 6.07) is 8.44. The first-order chi connectivity index (χ1) is 15.1. The quantitative estimate of drug-likeness (QED) is 0.202. The van der Waals surface area contributed by atoms with Crippen molar-refractivity contribution in [2.45, 2.75) is 44.7 Å². The normalized spacial score (nSPS) is 11.9. The lowest BCUT2D eigenvalue weighted by Gasteiger charge is -2.13. The topological polar surface area (TPSA) is 66.1 Å². The Morgan fingerprint density at radius 3 is 2.59 bits per heavy atom. The summed E-state index contributed by atoms with van der Waals surface area (Å²) >= 11 is 1.10. The third kappa shape index (κ3) is 5.42. The molecule has 0 spiro atoms. The van der Waals surface area contributed by atoms with Gasteiger partial charge in [0.2, 0.25) is 0 Å². The third-order valence-corrected chi connectivity index (χ3v) is 6.08. The molecule has 0 fully saturated rings. The number of alkyl halides is 3. The van der Waals surface area contributed by atoms with E-state index in [0.29, 0.717) is 41.3 Å². The molecular formula is C22H24F3N3O3S. The molecule has 0 N–H and O–H groups in total. The lowest BCUT2D eigenvalue weighted by Crippen LogP contribution is -2.24. The van der Waals surface area contributed by atoms with Gasteiger partial charge in [0.25, 0.3) is 5.56 Å². The van der Waals surface area contributed by atoms with Gasteiger partial charge in [-0.3, -0.25) is 14.2 Å². The first kappa shape index (κ1) is 24.1. The molecule has 0 amide bonds. The van der Waals surface area contributed by atoms with Gasteiger partial charge in [0, 0.05) is 37.2 Å². The zero-order valence-electron chi connectivity index (χ0n) is 18.0. The number of halogens is 3. The molecule has 172 valence electrons. The maximum absolute atomic E-state index is 13.0. The van der Waals surface area contributed by atoms with E-state index >= 15 is 0 Å². The number of thioether (sulfide) groups is 1. The fourth-order valence-corrected chi connectivity index (χ4v) is 4.44. The molecule has 6 nitrogen and oxygen atoms in total. The van der Waals surface area contributed by atoms with E-state index in [-0.39, 0.29) is 28.4 Å². The van der Waals surface area contributed by atoms with Crippen molar-refractivity contribution in [3.8, 4) is 0 Å². The summed E-state index contributed by atoms with van der Waals surface area (Å²) in [5, 5.41) is 0.874. The molecule has 0 aliphatic rings. The van der Waals surface area contributed by atoms with E-state index in [1.165, 1.54) is 17.6 Å². The van der Waals surface area contributed by atoms with Crippen LogP contribution in [0.15, 0.2) is 40.3 Å². The number of nitrogens with zero attached hydrogens (tertiary/aromatic N) is 3. The average Bonchev–Trinajstić information content (AvgIpc) is 3.01. The molecule has 1 aromatic carbocycles. The van der Waals surface area contributed by atoms with E-state index in [0.717, 1.165) is 16.3 Å². The van der Waals surface area contributed by atoms with Gasteiger partial charge in [-0.25, -0.2) is 4.98 Å². The van der Waals surface area contributed by atoms with Gasteiger partial charge in [0.05, 0.1) is 16.7 Å². The Kier molecular flexibility index (Phi) is 7.45. The number of carbonyl (C=O) groups is 1. The number of ketones is 1. The smallest absolute Gasteiger partial charge is 0.385 e. The summed E-state index contributed by atoms with van der Waals surface area (Å²) in [5.41, 5.74) is 1.21. The average molecular weight is 468 g/mol. The van der Waals surface area contributed by atoms with Crippen molar-refractivity contribution in [1.82, 2.24) is 14.1 Å². The van der Waals surface area contributed by atoms with Crippen molar-refractivity contribution in [2.75, 3.05) is 19.5 Å². The predicted molar refractivity (Wildman–Crippen MR) is 118 cm³/mol. The Labute approximate surface area is 187 Å². The number of Topliss-reactive ketones (excluding diaryl/α,β-unsaturated/α-hetero) is 1. The minimum absolute atomic E-state index is 0.0502. The highest BCUT2D eigenvalue weighted by Crippen LogP contribution is 2.25. The number of rotatable bonds is 9. The minimum Gasteiger partial charge on any atom is -0.385 e. The summed E-state index contributed by atoms with van der Waals surface area (Å²) in [6.07, 6.45) is -3.78. The van der Waals surface area contributed by atoms with Crippen LogP contribution in [0.25, 0.3) is 10.9 Å². The van der Waals surface area contributed by atoms with Gasteiger partial charge in [-0.05, 0) is 38.5 Å². The number of para-hydroxylation sites is 1. The number of aromatic nitrogens is 3. The maximum atomic E-state index is 13.0. The number of aryl methyl sites for hydroxylation is 1. The molecule has 10 heteroatoms. The highest BCUT2D eigenvalue weighted by molar-refractivity contribution is 7.99. The van der Waals surface area contributed by atoms with Crippen LogP contribution in [0.1, 0.15) is 28.2 Å². The van der Waals surface area contributed by atoms with Crippen molar-refractivity contribution < 1.29 is 22.7 Å². The molecule has 3 rings (SSSR count). The molecule has 0 unspecified atom stereocenters. The molecule has 0 aliphatic heterocycles. The standard InChI is InChI=1S/C22H24F3N3O3S/c1-14-11-17(15(2)28(14)13-22(23,24)25)19(29)12-32-21-26-18-8-5-4-7-16(18)20(30)27(21)9-6-10-31-3/h4-5,7-8,11H,6,9-10,12-13H2,1-3H3. The molecule has 3 aromatic rings. The van der Waals surface area contributed by atoms with E-state index < -0.39 is 12.7 Å². The van der Waals surface area contributed by atoms with Crippen LogP contribution < -0.4 is 5.56 Å². The summed E-state index contributed by atoms with van der Waals surface area (Å²) < 4.78 is 46.3. The monoisotopic (exact) mass is 467 g/mol. The van der Waals surface area contributed by atoms with Gasteiger partial charge >= 0.3 is 6.18 Å². The van der Waals surface area contributed by atoms with E-state index in [9.17, 15) is 22.8 Å². The number of ether oxygens (including phenoxy) is 1. The second kappa shape index (κ2) is 9.91. The molecule has 32 heavy (non-hydrogen) atoms. The maximum Gasteiger partial charge on any atom is 0.406 e. The van der Waals surface area contributed by atoms with E-state index in [2.05, 4.69) is 4.98 Å². The van der Waals surface area contributed by atoms with E-state index in [1.54, 1.807) is 38.3 Å². The number of fused-ring (bicyclic) bond motifs is 1. The Morgan fingerprint density at radius 2 is 1.91 bits per heavy atom. The highest BCUT2D eigenvalue weighted by atomic mass is 32.2. The molecule has 0 bridgehead atoms. The van der Waals surface area contributed by atoms with Crippen LogP contribution in [0, 0.1) is 13.8 Å². The van der Waals surface area contributed by atoms with Gasteiger partial charge in [-0.15, -0.1) is 0 Å². The van der Waals surface area contributed by atoms with Crippen LogP contribution in [0.2, 0.25) is 0 Å². The highest BCUT2D eigenvalue weighted by Gasteiger charge is 2.30. The Morgan fingerprint density at radius 1 is 1.19 bits per heavy atom. The molecular weight excluding hydrogens is 443 g/mol. The van der Waals surface area contributed by atoms with Gasteiger partial charge in [0.15, 0.2) is 10.9 Å². The fourth-order valence-electron chi connectivity index (χ4n) is 3.54. The predicted octanol–water partition coefficient (Wildman–Crippen LogP) is 4.39. The SMILES string of the molecule is COCCCn1c(SCC(=O)c2cc(C)n(CC(F)(F)F)c2C)nc2ccccc2c1=O. The fraction of sp³-hybridized carbons (Fsp3) is 0.409. The summed E-state index contributed by atoms with van der Waals surface area (Å²) in [5.74, 6) is -0.367. The number of benzene rings is 1. The number of methoxy groups -OCH3 is 1. The molecule has 0 atom stereocenters. The van der Waals surface area contributed by atoms with Crippen LogP contribution in [-0.4, -0.2) is 45.5 Å². The number of carbonyl (C=O) groups excluding carboxylic acids is 1. The van der Waals surface area contributed by atoms with Crippen molar-refractivity contribution in [2.24, 2.45) is 0 Å². The zero-order chi connectivity index (χ0) is 23.5. The van der Waals surface area contributed by atoms with Crippen LogP contribution in [0.5, 0.6) is 0 Å². The molecule has 0 saturated heterocycles. The Bertz CT molecular complexity index is 1180. The number of hydrogen-bond acceptors (Lipinski definition) is 5. The Balaban J connectivity index is 1.87. The van der Waals surface area contributed by atoms with Gasteiger partial charge < -0.3 is 9.30 Å². The molecule has 0 saturated carbocycles. The first-order valence-electron chi connectivity index (χ1n) is 10.0. The molecule has 0 radical (unpaired) electrons. The summed E-state index contributed by atoms with van der Waals surface area (Å²) in [4.78, 5) is 30.4. The van der Waals surface area contributed by atoms with Crippen molar-refractivity contribution in [3.05, 3.63) is 57.6 Å². The summed E-state index contributed by atoms with van der Waals surface area (Å²) in [6.45, 7) is 2.75. The summed E-state index contributed by atoms with van der Waals surface area (Å²) in [7, 11) is 1.57. The second-order valence-electron chi connectivity index (χ2n) is 7.41. The number of hydrogen-bond donors (Lipinski definition) is 0. The van der Waals surface area contributed by atoms with Crippen LogP contribution in [0.4, 0.5) is 13.2 Å². The van der Waals surface area contributed by atoms with Crippen LogP contribution in [0.3, 0.4) is 0 Å². The molecule has 2 aromatic heterocycles. The third-order valence-electron chi connectivity index (χ3n) is 5.10. The van der Waals surface area contributed by atoms with Crippen LogP contribution in [-0.2, 0) is 17.8 Å². The minimum atomic E-state index is -4.38. The zero-order valence-corrected chi connectivity index (χ0v) is 18.8. The lowest BCUT2D eigenvalue weighted by molar-refractivity contribution is -0.141. The van der Waals surface area contributed by atoms with Crippen molar-refractivity contribution in [3.63, 3.8) is 0 Å². The largest absolute Gasteiger partial charge is 0.406 e. The lowest BCUT2D eigenvalue weighted by atomic mass is 10.2. The molecule has 0 aliphatic carbocycles. The van der Waals surface area contributed by atoms with Gasteiger partial charge in [-0.1, -0.05) is 23.9 Å². The van der Waals surface area contributed by atoms with Gasteiger partial charge in [0.1, 0.15) is 6.54 Å². The Hall–Kier alpha value is -2.59. The van der Waals surface area contributed by atoms with Crippen molar-refractivity contribution >= 4 is 28.4 Å². The van der Waals surface area contributed by atoms with Crippen molar-refractivity contribution in [1.29, 1.82) is 0 Å². The van der Waals surface area contributed by atoms with Crippen LogP contribution >= 0.6 is 11.8 Å². The second-order valence-corrected chi connectivity index (χ2v) is 8.36.